The van der Waals surface area contributed by atoms with Crippen molar-refractivity contribution in [3.63, 3.8) is 0 Å². The van der Waals surface area contributed by atoms with Crippen LogP contribution in [0.25, 0.3) is 0 Å². The predicted molar refractivity (Wildman–Crippen MR) is 97.2 cm³/mol. The van der Waals surface area contributed by atoms with Crippen molar-refractivity contribution in [2.75, 3.05) is 0 Å². The van der Waals surface area contributed by atoms with Crippen molar-refractivity contribution in [2.45, 2.75) is 77.0 Å². The highest BCUT2D eigenvalue weighted by Gasteiger charge is 2.12. The first-order valence-corrected chi connectivity index (χ1v) is 10.1. The molecule has 0 spiro atoms. The molecule has 0 aromatic heterocycles. The fourth-order valence-corrected chi connectivity index (χ4v) is 3.18. The Morgan fingerprint density at radius 3 is 2.17 bits per heavy atom. The minimum atomic E-state index is -3.56. The molecule has 0 unspecified atom stereocenters. The fourth-order valence-electron chi connectivity index (χ4n) is 2.30. The van der Waals surface area contributed by atoms with Crippen molar-refractivity contribution < 1.29 is 8.42 Å². The van der Waals surface area contributed by atoms with Gasteiger partial charge in [-0.3, -0.25) is 0 Å². The summed E-state index contributed by atoms with van der Waals surface area (Å²) in [6, 6.07) is 6.75. The lowest BCUT2D eigenvalue weighted by Gasteiger charge is -2.06. The summed E-state index contributed by atoms with van der Waals surface area (Å²) in [5.74, 6) is 0. The summed E-state index contributed by atoms with van der Waals surface area (Å²) in [5.41, 5.74) is 1.86. The standard InChI is InChI=1S/C18H30N2O2S/c1-4-5-6-7-8-9-10-11-17(3)19-20-23(21,22)18-14-12-16(2)13-15-18/h12-15,20H,4-11H2,1-3H3/b19-17+. The second-order valence-corrected chi connectivity index (χ2v) is 7.79. The van der Waals surface area contributed by atoms with Crippen molar-refractivity contribution in [2.24, 2.45) is 5.10 Å². The maximum atomic E-state index is 12.1. The Balaban J connectivity index is 2.33. The molecule has 0 aliphatic rings. The molecule has 0 fully saturated rings. The first-order chi connectivity index (χ1) is 11.0. The van der Waals surface area contributed by atoms with Gasteiger partial charge in [0.15, 0.2) is 0 Å². The first-order valence-electron chi connectivity index (χ1n) is 8.57. The van der Waals surface area contributed by atoms with E-state index in [1.807, 2.05) is 13.8 Å². The van der Waals surface area contributed by atoms with Crippen molar-refractivity contribution >= 4 is 15.7 Å². The molecular formula is C18H30N2O2S. The second kappa shape index (κ2) is 10.4. The summed E-state index contributed by atoms with van der Waals surface area (Å²) in [5, 5.41) is 4.02. The zero-order valence-corrected chi connectivity index (χ0v) is 15.5. The molecule has 4 nitrogen and oxygen atoms in total. The third-order valence-electron chi connectivity index (χ3n) is 3.83. The number of sulfonamides is 1. The molecule has 5 heteroatoms. The third-order valence-corrected chi connectivity index (χ3v) is 5.05. The van der Waals surface area contributed by atoms with E-state index in [4.69, 9.17) is 0 Å². The molecular weight excluding hydrogens is 308 g/mol. The Kier molecular flexibility index (Phi) is 8.92. The summed E-state index contributed by atoms with van der Waals surface area (Å²) >= 11 is 0. The van der Waals surface area contributed by atoms with Gasteiger partial charge in [0.2, 0.25) is 0 Å². The average molecular weight is 339 g/mol. The summed E-state index contributed by atoms with van der Waals surface area (Å²) in [6.07, 6.45) is 9.54. The maximum absolute atomic E-state index is 12.1. The van der Waals surface area contributed by atoms with Gasteiger partial charge in [0.1, 0.15) is 0 Å². The number of nitrogens with zero attached hydrogens (tertiary/aromatic N) is 1. The fraction of sp³-hybridized carbons (Fsp3) is 0.611. The van der Waals surface area contributed by atoms with E-state index < -0.39 is 10.0 Å². The van der Waals surface area contributed by atoms with Crippen LogP contribution < -0.4 is 4.83 Å². The summed E-state index contributed by atoms with van der Waals surface area (Å²) in [7, 11) is -3.56. The topological polar surface area (TPSA) is 58.5 Å². The average Bonchev–Trinajstić information content (AvgIpc) is 2.52. The van der Waals surface area contributed by atoms with Crippen LogP contribution in [-0.2, 0) is 10.0 Å². The van der Waals surface area contributed by atoms with Crippen LogP contribution in [0.4, 0.5) is 0 Å². The smallest absolute Gasteiger partial charge is 0.200 e. The lowest BCUT2D eigenvalue weighted by molar-refractivity contribution is 0.583. The summed E-state index contributed by atoms with van der Waals surface area (Å²) < 4.78 is 24.2. The van der Waals surface area contributed by atoms with Gasteiger partial charge in [0.25, 0.3) is 10.0 Å². The number of hydrogen-bond donors (Lipinski definition) is 1. The van der Waals surface area contributed by atoms with Gasteiger partial charge in [0.05, 0.1) is 4.90 Å². The number of hydrazone groups is 1. The third kappa shape index (κ3) is 8.16. The molecule has 1 N–H and O–H groups in total. The van der Waals surface area contributed by atoms with Gasteiger partial charge in [-0.05, 0) is 38.8 Å². The van der Waals surface area contributed by atoms with Crippen LogP contribution in [0.5, 0.6) is 0 Å². The number of rotatable bonds is 11. The minimum Gasteiger partial charge on any atom is -0.200 e. The van der Waals surface area contributed by atoms with E-state index in [2.05, 4.69) is 16.9 Å². The lowest BCUT2D eigenvalue weighted by atomic mass is 10.1. The van der Waals surface area contributed by atoms with Crippen LogP contribution in [0.15, 0.2) is 34.3 Å². The van der Waals surface area contributed by atoms with Crippen LogP contribution >= 0.6 is 0 Å². The van der Waals surface area contributed by atoms with E-state index >= 15 is 0 Å². The molecule has 1 aromatic carbocycles. The molecule has 1 rings (SSSR count). The Morgan fingerprint density at radius 1 is 1.00 bits per heavy atom. The first kappa shape index (κ1) is 19.7. The van der Waals surface area contributed by atoms with E-state index in [0.29, 0.717) is 0 Å². The normalized spacial score (nSPS) is 12.4. The molecule has 0 aliphatic carbocycles. The van der Waals surface area contributed by atoms with Crippen LogP contribution in [0.1, 0.15) is 70.8 Å². The quantitative estimate of drug-likeness (QED) is 0.358. The van der Waals surface area contributed by atoms with Gasteiger partial charge in [-0.15, -0.1) is 0 Å². The maximum Gasteiger partial charge on any atom is 0.276 e. The zero-order valence-electron chi connectivity index (χ0n) is 14.6. The molecule has 0 atom stereocenters. The van der Waals surface area contributed by atoms with Crippen molar-refractivity contribution in [1.82, 2.24) is 4.83 Å². The van der Waals surface area contributed by atoms with Crippen molar-refractivity contribution in [3.8, 4) is 0 Å². The number of hydrogen-bond acceptors (Lipinski definition) is 3. The molecule has 0 saturated carbocycles. The van der Waals surface area contributed by atoms with Gasteiger partial charge >= 0.3 is 0 Å². The molecule has 0 heterocycles. The van der Waals surface area contributed by atoms with Crippen LogP contribution in [-0.4, -0.2) is 14.1 Å². The van der Waals surface area contributed by atoms with E-state index in [9.17, 15) is 8.42 Å². The number of aryl methyl sites for hydroxylation is 1. The zero-order chi connectivity index (χ0) is 17.1. The monoisotopic (exact) mass is 338 g/mol. The van der Waals surface area contributed by atoms with Crippen molar-refractivity contribution in [3.05, 3.63) is 29.8 Å². The van der Waals surface area contributed by atoms with Gasteiger partial charge in [-0.25, -0.2) is 4.83 Å². The van der Waals surface area contributed by atoms with E-state index in [-0.39, 0.29) is 4.90 Å². The summed E-state index contributed by atoms with van der Waals surface area (Å²) in [6.45, 7) is 6.01. The lowest BCUT2D eigenvalue weighted by Crippen LogP contribution is -2.19. The predicted octanol–water partition coefficient (Wildman–Crippen LogP) is 4.79. The number of unbranched alkanes of at least 4 members (excludes halogenated alkanes) is 6. The molecule has 0 bridgehead atoms. The SMILES string of the molecule is CCCCCCCCC/C(C)=N/NS(=O)(=O)c1ccc(C)cc1. The Labute approximate surface area is 141 Å². The van der Waals surface area contributed by atoms with Crippen LogP contribution in [0.2, 0.25) is 0 Å². The van der Waals surface area contributed by atoms with Crippen molar-refractivity contribution in [1.29, 1.82) is 0 Å². The molecule has 130 valence electrons. The van der Waals surface area contributed by atoms with E-state index in [0.717, 1.165) is 24.1 Å². The molecule has 0 saturated heterocycles. The number of nitrogens with one attached hydrogen (secondary N) is 1. The molecule has 1 aromatic rings. The van der Waals surface area contributed by atoms with Gasteiger partial charge in [-0.2, -0.15) is 13.5 Å². The highest BCUT2D eigenvalue weighted by Crippen LogP contribution is 2.11. The Bertz CT molecular complexity index is 578. The minimum absolute atomic E-state index is 0.246. The van der Waals surface area contributed by atoms with Crippen LogP contribution in [0, 0.1) is 6.92 Å². The molecule has 23 heavy (non-hydrogen) atoms. The Morgan fingerprint density at radius 2 is 1.57 bits per heavy atom. The highest BCUT2D eigenvalue weighted by molar-refractivity contribution is 7.89. The largest absolute Gasteiger partial charge is 0.276 e. The number of benzene rings is 1. The second-order valence-electron chi connectivity index (χ2n) is 6.13. The van der Waals surface area contributed by atoms with Gasteiger partial charge in [0, 0.05) is 5.71 Å². The highest BCUT2D eigenvalue weighted by atomic mass is 32.2. The summed E-state index contributed by atoms with van der Waals surface area (Å²) in [4.78, 5) is 2.57. The van der Waals surface area contributed by atoms with Gasteiger partial charge < -0.3 is 0 Å². The molecule has 0 amide bonds. The van der Waals surface area contributed by atoms with E-state index in [1.54, 1.807) is 24.3 Å². The molecule has 0 aliphatic heterocycles. The van der Waals surface area contributed by atoms with Gasteiger partial charge in [-0.1, -0.05) is 63.1 Å². The van der Waals surface area contributed by atoms with E-state index in [1.165, 1.54) is 38.5 Å². The Hall–Kier alpha value is -1.36. The molecule has 0 radical (unpaired) electrons. The van der Waals surface area contributed by atoms with Crippen LogP contribution in [0.3, 0.4) is 0 Å².